The van der Waals surface area contributed by atoms with Crippen LogP contribution in [0.15, 0.2) is 22.6 Å². The van der Waals surface area contributed by atoms with E-state index in [-0.39, 0.29) is 5.38 Å². The minimum atomic E-state index is -0.172. The molecule has 0 amide bonds. The molecular formula is C16H18ClN3O. The Bertz CT molecular complexity index is 782. The summed E-state index contributed by atoms with van der Waals surface area (Å²) in [6.45, 7) is 8.40. The van der Waals surface area contributed by atoms with Crippen molar-refractivity contribution >= 4 is 22.6 Å². The molecule has 0 spiro atoms. The summed E-state index contributed by atoms with van der Waals surface area (Å²) in [5.41, 5.74) is 4.11. The highest BCUT2D eigenvalue weighted by Crippen LogP contribution is 2.27. The first-order valence-corrected chi connectivity index (χ1v) is 7.43. The maximum atomic E-state index is 6.30. The molecule has 2 aromatic heterocycles. The van der Waals surface area contributed by atoms with Crippen molar-refractivity contribution in [1.82, 2.24) is 14.5 Å². The van der Waals surface area contributed by atoms with Gasteiger partial charge in [-0.05, 0) is 39.3 Å². The normalized spacial score (nSPS) is 13.0. The molecule has 0 fully saturated rings. The molecule has 0 aliphatic rings. The number of fused-ring (bicyclic) bond motifs is 1. The zero-order valence-corrected chi connectivity index (χ0v) is 13.4. The van der Waals surface area contributed by atoms with Gasteiger partial charge in [-0.15, -0.1) is 11.6 Å². The Hall–Kier alpha value is -1.81. The lowest BCUT2D eigenvalue weighted by atomic mass is 10.2. The van der Waals surface area contributed by atoms with Crippen LogP contribution in [0, 0.1) is 20.8 Å². The van der Waals surface area contributed by atoms with E-state index in [4.69, 9.17) is 21.0 Å². The predicted octanol–water partition coefficient (Wildman–Crippen LogP) is 4.30. The van der Waals surface area contributed by atoms with E-state index in [0.29, 0.717) is 12.4 Å². The first-order valence-electron chi connectivity index (χ1n) is 7.00. The Morgan fingerprint density at radius 3 is 2.62 bits per heavy atom. The zero-order valence-electron chi connectivity index (χ0n) is 12.6. The van der Waals surface area contributed by atoms with Crippen LogP contribution >= 0.6 is 11.6 Å². The van der Waals surface area contributed by atoms with E-state index in [1.165, 1.54) is 0 Å². The van der Waals surface area contributed by atoms with Gasteiger partial charge in [0.15, 0.2) is 0 Å². The van der Waals surface area contributed by atoms with Gasteiger partial charge in [0.05, 0.1) is 22.1 Å². The van der Waals surface area contributed by atoms with E-state index in [2.05, 4.69) is 28.6 Å². The molecule has 110 valence electrons. The van der Waals surface area contributed by atoms with Crippen molar-refractivity contribution in [3.8, 4) is 0 Å². The van der Waals surface area contributed by atoms with Crippen LogP contribution in [-0.4, -0.2) is 14.5 Å². The molecule has 2 heterocycles. The molecule has 1 unspecified atom stereocenters. The number of oxazole rings is 1. The lowest BCUT2D eigenvalue weighted by molar-refractivity contribution is 0.456. The molecule has 0 N–H and O–H groups in total. The number of aromatic nitrogens is 3. The molecule has 0 radical (unpaired) electrons. The van der Waals surface area contributed by atoms with Crippen LogP contribution in [0.25, 0.3) is 11.0 Å². The van der Waals surface area contributed by atoms with Gasteiger partial charge in [0.25, 0.3) is 0 Å². The van der Waals surface area contributed by atoms with Crippen molar-refractivity contribution < 1.29 is 4.42 Å². The Balaban J connectivity index is 2.15. The summed E-state index contributed by atoms with van der Waals surface area (Å²) in [7, 11) is 0. The molecule has 3 rings (SSSR count). The third-order valence-corrected chi connectivity index (χ3v) is 3.93. The molecule has 0 saturated heterocycles. The highest BCUT2D eigenvalue weighted by molar-refractivity contribution is 6.20. The summed E-state index contributed by atoms with van der Waals surface area (Å²) < 4.78 is 7.79. The molecule has 0 bridgehead atoms. The Morgan fingerprint density at radius 1 is 1.24 bits per heavy atom. The second-order valence-electron chi connectivity index (χ2n) is 5.36. The van der Waals surface area contributed by atoms with Gasteiger partial charge < -0.3 is 8.98 Å². The van der Waals surface area contributed by atoms with Gasteiger partial charge in [0, 0.05) is 0 Å². The SMILES string of the molecule is Cc1nc(Cn2c(C(C)Cl)nc3c(C)cccc32)oc1C. The quantitative estimate of drug-likeness (QED) is 0.678. The number of hydrogen-bond acceptors (Lipinski definition) is 3. The van der Waals surface area contributed by atoms with E-state index in [1.54, 1.807) is 0 Å². The largest absolute Gasteiger partial charge is 0.444 e. The Labute approximate surface area is 128 Å². The molecule has 1 aromatic carbocycles. The molecule has 1 atom stereocenters. The van der Waals surface area contributed by atoms with Crippen molar-refractivity contribution in [3.05, 3.63) is 46.9 Å². The van der Waals surface area contributed by atoms with Gasteiger partial charge in [0.2, 0.25) is 5.89 Å². The second-order valence-corrected chi connectivity index (χ2v) is 6.02. The third-order valence-electron chi connectivity index (χ3n) is 3.73. The van der Waals surface area contributed by atoms with E-state index >= 15 is 0 Å². The molecule has 3 aromatic rings. The van der Waals surface area contributed by atoms with Crippen LogP contribution in [0.2, 0.25) is 0 Å². The van der Waals surface area contributed by atoms with E-state index in [1.807, 2.05) is 26.8 Å². The first-order chi connectivity index (χ1) is 9.97. The van der Waals surface area contributed by atoms with Crippen molar-refractivity contribution in [2.45, 2.75) is 39.6 Å². The molecule has 0 saturated carbocycles. The summed E-state index contributed by atoms with van der Waals surface area (Å²) in [6.07, 6.45) is 0. The standard InChI is InChI=1S/C16H18ClN3O/c1-9-6-5-7-13-15(9)19-16(10(2)17)20(13)8-14-18-11(3)12(4)21-14/h5-7,10H,8H2,1-4H3. The van der Waals surface area contributed by atoms with Crippen molar-refractivity contribution in [1.29, 1.82) is 0 Å². The number of nitrogens with zero attached hydrogens (tertiary/aromatic N) is 3. The third kappa shape index (κ3) is 2.44. The summed E-state index contributed by atoms with van der Waals surface area (Å²) in [5, 5.41) is -0.172. The fourth-order valence-electron chi connectivity index (χ4n) is 2.52. The maximum Gasteiger partial charge on any atom is 0.214 e. The lowest BCUT2D eigenvalue weighted by Gasteiger charge is -2.08. The number of halogens is 1. The van der Waals surface area contributed by atoms with Gasteiger partial charge in [0.1, 0.15) is 18.1 Å². The van der Waals surface area contributed by atoms with E-state index in [0.717, 1.165) is 33.9 Å². The number of rotatable bonds is 3. The van der Waals surface area contributed by atoms with Gasteiger partial charge in [-0.2, -0.15) is 0 Å². The van der Waals surface area contributed by atoms with Crippen LogP contribution in [0.3, 0.4) is 0 Å². The lowest BCUT2D eigenvalue weighted by Crippen LogP contribution is -2.06. The number of aryl methyl sites for hydroxylation is 3. The van der Waals surface area contributed by atoms with Gasteiger partial charge in [-0.1, -0.05) is 12.1 Å². The predicted molar refractivity (Wildman–Crippen MR) is 83.8 cm³/mol. The number of benzene rings is 1. The fourth-order valence-corrected chi connectivity index (χ4v) is 2.68. The molecule has 0 aliphatic heterocycles. The van der Waals surface area contributed by atoms with E-state index < -0.39 is 0 Å². The smallest absolute Gasteiger partial charge is 0.214 e. The molecule has 5 heteroatoms. The van der Waals surface area contributed by atoms with E-state index in [9.17, 15) is 0 Å². The van der Waals surface area contributed by atoms with Crippen molar-refractivity contribution in [2.24, 2.45) is 0 Å². The average Bonchev–Trinajstić information content (AvgIpc) is 2.93. The topological polar surface area (TPSA) is 43.9 Å². The van der Waals surface area contributed by atoms with Crippen molar-refractivity contribution in [3.63, 3.8) is 0 Å². The van der Waals surface area contributed by atoms with Gasteiger partial charge >= 0.3 is 0 Å². The zero-order chi connectivity index (χ0) is 15.1. The number of alkyl halides is 1. The van der Waals surface area contributed by atoms with Crippen LogP contribution in [-0.2, 0) is 6.54 Å². The maximum absolute atomic E-state index is 6.30. The average molecular weight is 304 g/mol. The minimum absolute atomic E-state index is 0.172. The molecular weight excluding hydrogens is 286 g/mol. The van der Waals surface area contributed by atoms with Crippen LogP contribution < -0.4 is 0 Å². The van der Waals surface area contributed by atoms with Crippen LogP contribution in [0.5, 0.6) is 0 Å². The van der Waals surface area contributed by atoms with Gasteiger partial charge in [-0.3, -0.25) is 0 Å². The summed E-state index contributed by atoms with van der Waals surface area (Å²) in [5.74, 6) is 2.38. The van der Waals surface area contributed by atoms with Crippen LogP contribution in [0.1, 0.15) is 41.0 Å². The summed E-state index contributed by atoms with van der Waals surface area (Å²) in [4.78, 5) is 9.16. The summed E-state index contributed by atoms with van der Waals surface area (Å²) >= 11 is 6.30. The number of imidazole rings is 1. The minimum Gasteiger partial charge on any atom is -0.444 e. The highest BCUT2D eigenvalue weighted by Gasteiger charge is 2.18. The monoisotopic (exact) mass is 303 g/mol. The second kappa shape index (κ2) is 5.19. The number of para-hydroxylation sites is 1. The highest BCUT2D eigenvalue weighted by atomic mass is 35.5. The van der Waals surface area contributed by atoms with Gasteiger partial charge in [-0.25, -0.2) is 9.97 Å². The fraction of sp³-hybridized carbons (Fsp3) is 0.375. The Morgan fingerprint density at radius 2 is 2.00 bits per heavy atom. The van der Waals surface area contributed by atoms with Crippen molar-refractivity contribution in [2.75, 3.05) is 0 Å². The number of hydrogen-bond donors (Lipinski definition) is 0. The molecule has 4 nitrogen and oxygen atoms in total. The first kappa shape index (κ1) is 14.1. The molecule has 0 aliphatic carbocycles. The van der Waals surface area contributed by atoms with Crippen LogP contribution in [0.4, 0.5) is 0 Å². The Kier molecular flexibility index (Phi) is 3.49. The summed E-state index contributed by atoms with van der Waals surface area (Å²) in [6, 6.07) is 6.15. The molecule has 21 heavy (non-hydrogen) atoms.